The molecule has 0 saturated heterocycles. The van der Waals surface area contributed by atoms with Crippen LogP contribution in [0.4, 0.5) is 0 Å². The molecule has 0 radical (unpaired) electrons. The Morgan fingerprint density at radius 2 is 2.05 bits per heavy atom. The fraction of sp³-hybridized carbons (Fsp3) is 0.692. The predicted molar refractivity (Wildman–Crippen MR) is 78.3 cm³/mol. The van der Waals surface area contributed by atoms with Crippen molar-refractivity contribution in [2.75, 3.05) is 13.1 Å². The molecule has 0 fully saturated rings. The van der Waals surface area contributed by atoms with E-state index in [4.69, 9.17) is 4.52 Å². The molecule has 1 unspecified atom stereocenters. The Kier molecular flexibility index (Phi) is 5.91. The summed E-state index contributed by atoms with van der Waals surface area (Å²) in [6, 6.07) is 0.0751. The highest BCUT2D eigenvalue weighted by atomic mass is 32.2. The van der Waals surface area contributed by atoms with Gasteiger partial charge in [0.25, 0.3) is 0 Å². The number of aromatic nitrogens is 1. The second-order valence-electron chi connectivity index (χ2n) is 5.02. The van der Waals surface area contributed by atoms with Crippen LogP contribution in [0.3, 0.4) is 0 Å². The molecule has 1 atom stereocenters. The van der Waals surface area contributed by atoms with E-state index >= 15 is 0 Å². The molecule has 0 aromatic carbocycles. The van der Waals surface area contributed by atoms with Crippen LogP contribution in [-0.4, -0.2) is 43.5 Å². The normalized spacial score (nSPS) is 13.2. The number of nitrogens with zero attached hydrogens (tertiary/aromatic N) is 2. The van der Waals surface area contributed by atoms with E-state index in [-0.39, 0.29) is 29.1 Å². The third-order valence-corrected chi connectivity index (χ3v) is 5.11. The average molecular weight is 317 g/mol. The minimum atomic E-state index is -3.68. The van der Waals surface area contributed by atoms with E-state index in [0.29, 0.717) is 12.2 Å². The fourth-order valence-electron chi connectivity index (χ4n) is 2.14. The topological polar surface area (TPSA) is 92.5 Å². The first kappa shape index (κ1) is 17.6. The summed E-state index contributed by atoms with van der Waals surface area (Å²) in [5.74, 6) is 0.186. The summed E-state index contributed by atoms with van der Waals surface area (Å²) in [6.45, 7) is 9.00. The number of nitrogens with one attached hydrogen (secondary N) is 1. The van der Waals surface area contributed by atoms with Crippen LogP contribution in [0.15, 0.2) is 9.42 Å². The summed E-state index contributed by atoms with van der Waals surface area (Å²) in [7, 11) is -3.68. The smallest absolute Gasteiger partial charge is 0.246 e. The Balaban J connectivity index is 2.73. The van der Waals surface area contributed by atoms with Crippen molar-refractivity contribution in [3.8, 4) is 0 Å². The Morgan fingerprint density at radius 1 is 1.43 bits per heavy atom. The monoisotopic (exact) mass is 317 g/mol. The highest BCUT2D eigenvalue weighted by Gasteiger charge is 2.24. The lowest BCUT2D eigenvalue weighted by Gasteiger charge is -2.27. The number of sulfonamides is 1. The quantitative estimate of drug-likeness (QED) is 0.816. The molecule has 0 aliphatic heterocycles. The molecule has 1 N–H and O–H groups in total. The van der Waals surface area contributed by atoms with Crippen LogP contribution in [-0.2, 0) is 14.8 Å². The molecule has 0 spiro atoms. The maximum atomic E-state index is 12.2. The van der Waals surface area contributed by atoms with E-state index < -0.39 is 10.0 Å². The number of rotatable bonds is 7. The predicted octanol–water partition coefficient (Wildman–Crippen LogP) is 1.22. The zero-order chi connectivity index (χ0) is 16.2. The van der Waals surface area contributed by atoms with Gasteiger partial charge in [-0.2, -0.15) is 0 Å². The number of aryl methyl sites for hydroxylation is 2. The summed E-state index contributed by atoms with van der Waals surface area (Å²) >= 11 is 0. The molecule has 0 saturated carbocycles. The van der Waals surface area contributed by atoms with Crippen molar-refractivity contribution in [3.63, 3.8) is 0 Å². The van der Waals surface area contributed by atoms with Crippen molar-refractivity contribution in [2.45, 2.75) is 52.0 Å². The van der Waals surface area contributed by atoms with Crippen LogP contribution < -0.4 is 4.72 Å². The van der Waals surface area contributed by atoms with E-state index in [1.54, 1.807) is 18.7 Å². The van der Waals surface area contributed by atoms with Crippen molar-refractivity contribution in [3.05, 3.63) is 11.5 Å². The van der Waals surface area contributed by atoms with Crippen LogP contribution in [0.2, 0.25) is 0 Å². The van der Waals surface area contributed by atoms with Crippen molar-refractivity contribution < 1.29 is 17.7 Å². The number of hydrogen-bond donors (Lipinski definition) is 1. The van der Waals surface area contributed by atoms with Crippen LogP contribution >= 0.6 is 0 Å². The van der Waals surface area contributed by atoms with Gasteiger partial charge >= 0.3 is 0 Å². The minimum absolute atomic E-state index is 0.0686. The van der Waals surface area contributed by atoms with Gasteiger partial charge in [-0.1, -0.05) is 12.1 Å². The highest BCUT2D eigenvalue weighted by Crippen LogP contribution is 2.18. The molecule has 120 valence electrons. The van der Waals surface area contributed by atoms with Crippen LogP contribution in [0, 0.1) is 13.8 Å². The zero-order valence-corrected chi connectivity index (χ0v) is 14.0. The lowest BCUT2D eigenvalue weighted by Crippen LogP contribution is -2.42. The number of carbonyl (C=O) groups excluding carboxylic acids is 1. The van der Waals surface area contributed by atoms with Crippen LogP contribution in [0.1, 0.15) is 38.6 Å². The van der Waals surface area contributed by atoms with Gasteiger partial charge < -0.3 is 9.42 Å². The molecule has 1 rings (SSSR count). The molecule has 7 nitrogen and oxygen atoms in total. The first-order chi connectivity index (χ1) is 9.70. The van der Waals surface area contributed by atoms with Crippen molar-refractivity contribution in [1.29, 1.82) is 0 Å². The molecule has 1 aromatic rings. The summed E-state index contributed by atoms with van der Waals surface area (Å²) in [4.78, 5) is 13.3. The van der Waals surface area contributed by atoms with Gasteiger partial charge in [-0.3, -0.25) is 4.79 Å². The van der Waals surface area contributed by atoms with Crippen molar-refractivity contribution in [1.82, 2.24) is 14.8 Å². The Bertz CT molecular complexity index is 575. The number of amides is 1. The Morgan fingerprint density at radius 3 is 2.48 bits per heavy atom. The molecule has 1 amide bonds. The first-order valence-corrected chi connectivity index (χ1v) is 8.38. The SMILES string of the molecule is CCC(C)N(CCNS(=O)(=O)c1c(C)noc1C)C(C)=O. The van der Waals surface area contributed by atoms with E-state index in [1.807, 2.05) is 13.8 Å². The summed E-state index contributed by atoms with van der Waals surface area (Å²) in [6.07, 6.45) is 0.816. The van der Waals surface area contributed by atoms with Gasteiger partial charge in [0.05, 0.1) is 0 Å². The second-order valence-corrected chi connectivity index (χ2v) is 6.72. The molecule has 21 heavy (non-hydrogen) atoms. The molecule has 1 aromatic heterocycles. The van der Waals surface area contributed by atoms with E-state index in [1.165, 1.54) is 6.92 Å². The molecule has 0 bridgehead atoms. The maximum Gasteiger partial charge on any atom is 0.246 e. The van der Waals surface area contributed by atoms with Gasteiger partial charge in [-0.15, -0.1) is 0 Å². The van der Waals surface area contributed by atoms with Gasteiger partial charge in [0, 0.05) is 26.1 Å². The van der Waals surface area contributed by atoms with Crippen LogP contribution in [0.25, 0.3) is 0 Å². The van der Waals surface area contributed by atoms with E-state index in [0.717, 1.165) is 6.42 Å². The number of carbonyl (C=O) groups is 1. The van der Waals surface area contributed by atoms with Gasteiger partial charge in [0.1, 0.15) is 10.6 Å². The van der Waals surface area contributed by atoms with Gasteiger partial charge in [0.2, 0.25) is 15.9 Å². The lowest BCUT2D eigenvalue weighted by atomic mass is 10.2. The zero-order valence-electron chi connectivity index (χ0n) is 13.1. The minimum Gasteiger partial charge on any atom is -0.360 e. The molecular formula is C13H23N3O4S. The Labute approximate surface area is 125 Å². The third kappa shape index (κ3) is 4.28. The molecule has 0 aliphatic rings. The average Bonchev–Trinajstić information content (AvgIpc) is 2.73. The summed E-state index contributed by atoms with van der Waals surface area (Å²) in [5, 5.41) is 3.64. The number of hydrogen-bond acceptors (Lipinski definition) is 5. The largest absolute Gasteiger partial charge is 0.360 e. The first-order valence-electron chi connectivity index (χ1n) is 6.90. The molecule has 0 aliphatic carbocycles. The van der Waals surface area contributed by atoms with E-state index in [9.17, 15) is 13.2 Å². The standard InChI is InChI=1S/C13H23N3O4S/c1-6-9(2)16(12(5)17)8-7-14-21(18,19)13-10(3)15-20-11(13)4/h9,14H,6-8H2,1-5H3. The second kappa shape index (κ2) is 7.04. The summed E-state index contributed by atoms with van der Waals surface area (Å²) < 4.78 is 31.8. The molecule has 1 heterocycles. The third-order valence-electron chi connectivity index (χ3n) is 3.41. The fourth-order valence-corrected chi connectivity index (χ4v) is 3.49. The Hall–Kier alpha value is -1.41. The van der Waals surface area contributed by atoms with E-state index in [2.05, 4.69) is 9.88 Å². The summed E-state index contributed by atoms with van der Waals surface area (Å²) in [5.41, 5.74) is 0.324. The van der Waals surface area contributed by atoms with Crippen LogP contribution in [0.5, 0.6) is 0 Å². The lowest BCUT2D eigenvalue weighted by molar-refractivity contribution is -0.130. The maximum absolute atomic E-state index is 12.2. The van der Waals surface area contributed by atoms with Crippen molar-refractivity contribution >= 4 is 15.9 Å². The molecular weight excluding hydrogens is 294 g/mol. The van der Waals surface area contributed by atoms with Crippen molar-refractivity contribution in [2.24, 2.45) is 0 Å². The van der Waals surface area contributed by atoms with Gasteiger partial charge in [-0.25, -0.2) is 13.1 Å². The highest BCUT2D eigenvalue weighted by molar-refractivity contribution is 7.89. The van der Waals surface area contributed by atoms with Gasteiger partial charge in [0.15, 0.2) is 5.76 Å². The van der Waals surface area contributed by atoms with Gasteiger partial charge in [-0.05, 0) is 27.2 Å². The molecule has 8 heteroatoms.